The third kappa shape index (κ3) is 4.17. The van der Waals surface area contributed by atoms with Crippen molar-refractivity contribution in [3.8, 4) is 22.6 Å². The Morgan fingerprint density at radius 2 is 1.81 bits per heavy atom. The molecule has 0 aliphatic carbocycles. The summed E-state index contributed by atoms with van der Waals surface area (Å²) in [6.45, 7) is 5.76. The van der Waals surface area contributed by atoms with Crippen LogP contribution in [0.15, 0.2) is 57.9 Å². The quantitative estimate of drug-likeness (QED) is 0.531. The van der Waals surface area contributed by atoms with Crippen molar-refractivity contribution in [2.45, 2.75) is 13.8 Å². The third-order valence-electron chi connectivity index (χ3n) is 4.40. The summed E-state index contributed by atoms with van der Waals surface area (Å²) < 4.78 is 10.8. The van der Waals surface area contributed by atoms with E-state index in [1.165, 1.54) is 24.5 Å². The van der Waals surface area contributed by atoms with Crippen molar-refractivity contribution in [1.29, 1.82) is 0 Å². The Hall–Kier alpha value is -3.12. The number of ether oxygens (including phenoxy) is 1. The molecule has 0 saturated heterocycles. The van der Waals surface area contributed by atoms with Gasteiger partial charge in [-0.1, -0.05) is 26.0 Å². The standard InChI is InChI=1S/C21H21NO5/c1-3-22(4-2)12-20(24)27-16-8-5-14(6-9-16)18-13-26-19-11-15(23)7-10-17(19)21(18)25/h5-11,13,23H,3-4,12H2,1-2H3. The first-order valence-corrected chi connectivity index (χ1v) is 8.79. The van der Waals surface area contributed by atoms with Crippen LogP contribution in [0.25, 0.3) is 22.1 Å². The molecule has 0 bridgehead atoms. The number of phenols is 1. The Morgan fingerprint density at radius 3 is 2.48 bits per heavy atom. The fourth-order valence-electron chi connectivity index (χ4n) is 2.81. The van der Waals surface area contributed by atoms with Gasteiger partial charge in [-0.25, -0.2) is 0 Å². The fraction of sp³-hybridized carbons (Fsp3) is 0.238. The number of hydrogen-bond donors (Lipinski definition) is 1. The van der Waals surface area contributed by atoms with Crippen molar-refractivity contribution in [3.63, 3.8) is 0 Å². The monoisotopic (exact) mass is 367 g/mol. The Labute approximate surface area is 156 Å². The van der Waals surface area contributed by atoms with Gasteiger partial charge in [-0.3, -0.25) is 14.5 Å². The van der Waals surface area contributed by atoms with Crippen molar-refractivity contribution in [3.05, 3.63) is 59.0 Å². The molecular weight excluding hydrogens is 346 g/mol. The number of carbonyl (C=O) groups excluding carboxylic acids is 1. The zero-order valence-corrected chi connectivity index (χ0v) is 15.3. The molecule has 0 aliphatic rings. The predicted octanol–water partition coefficient (Wildman–Crippen LogP) is 3.41. The second-order valence-corrected chi connectivity index (χ2v) is 6.12. The molecule has 3 rings (SSSR count). The lowest BCUT2D eigenvalue weighted by atomic mass is 10.1. The maximum atomic E-state index is 12.7. The van der Waals surface area contributed by atoms with Gasteiger partial charge in [0.15, 0.2) is 5.43 Å². The van der Waals surface area contributed by atoms with E-state index in [4.69, 9.17) is 9.15 Å². The maximum Gasteiger partial charge on any atom is 0.325 e. The summed E-state index contributed by atoms with van der Waals surface area (Å²) in [5, 5.41) is 9.88. The van der Waals surface area contributed by atoms with Crippen molar-refractivity contribution >= 4 is 16.9 Å². The first-order valence-electron chi connectivity index (χ1n) is 8.79. The number of nitrogens with zero attached hydrogens (tertiary/aromatic N) is 1. The van der Waals surface area contributed by atoms with Crippen LogP contribution >= 0.6 is 0 Å². The molecule has 27 heavy (non-hydrogen) atoms. The van der Waals surface area contributed by atoms with E-state index in [2.05, 4.69) is 0 Å². The molecule has 1 aromatic heterocycles. The van der Waals surface area contributed by atoms with Gasteiger partial charge in [0.2, 0.25) is 0 Å². The second kappa shape index (κ2) is 8.05. The first kappa shape index (κ1) is 18.7. The summed E-state index contributed by atoms with van der Waals surface area (Å²) in [6, 6.07) is 11.1. The number of esters is 1. The SMILES string of the molecule is CCN(CC)CC(=O)Oc1ccc(-c2coc3cc(O)ccc3c2=O)cc1. The Kier molecular flexibility index (Phi) is 5.57. The minimum atomic E-state index is -0.323. The number of benzene rings is 2. The van der Waals surface area contributed by atoms with Crippen LogP contribution in [-0.4, -0.2) is 35.6 Å². The smallest absolute Gasteiger partial charge is 0.325 e. The topological polar surface area (TPSA) is 80.0 Å². The predicted molar refractivity (Wildman–Crippen MR) is 103 cm³/mol. The minimum absolute atomic E-state index is 0.0364. The number of carbonyl (C=O) groups is 1. The Balaban J connectivity index is 1.80. The first-order chi connectivity index (χ1) is 13.0. The maximum absolute atomic E-state index is 12.7. The van der Waals surface area contributed by atoms with E-state index in [-0.39, 0.29) is 23.7 Å². The highest BCUT2D eigenvalue weighted by Crippen LogP contribution is 2.24. The molecule has 6 heteroatoms. The highest BCUT2D eigenvalue weighted by atomic mass is 16.5. The van der Waals surface area contributed by atoms with Gasteiger partial charge in [0, 0.05) is 6.07 Å². The van der Waals surface area contributed by atoms with E-state index < -0.39 is 0 Å². The zero-order valence-electron chi connectivity index (χ0n) is 15.3. The van der Waals surface area contributed by atoms with E-state index in [9.17, 15) is 14.7 Å². The molecule has 0 aliphatic heterocycles. The molecule has 6 nitrogen and oxygen atoms in total. The van der Waals surface area contributed by atoms with Crippen molar-refractivity contribution in [1.82, 2.24) is 4.90 Å². The summed E-state index contributed by atoms with van der Waals surface area (Å²) in [5.41, 5.74) is 1.18. The largest absolute Gasteiger partial charge is 0.508 e. The van der Waals surface area contributed by atoms with Gasteiger partial charge < -0.3 is 14.3 Å². The molecule has 0 fully saturated rings. The molecule has 3 aromatic rings. The van der Waals surface area contributed by atoms with E-state index in [0.717, 1.165) is 13.1 Å². The van der Waals surface area contributed by atoms with Crippen molar-refractivity contribution < 1.29 is 19.1 Å². The van der Waals surface area contributed by atoms with Gasteiger partial charge >= 0.3 is 5.97 Å². The molecule has 0 spiro atoms. The van der Waals surface area contributed by atoms with E-state index in [0.29, 0.717) is 27.8 Å². The summed E-state index contributed by atoms with van der Waals surface area (Å²) in [6.07, 6.45) is 1.37. The number of aromatic hydroxyl groups is 1. The van der Waals surface area contributed by atoms with E-state index in [1.807, 2.05) is 18.7 Å². The van der Waals surface area contributed by atoms with Gasteiger partial charge in [0.1, 0.15) is 23.3 Å². The van der Waals surface area contributed by atoms with Crippen LogP contribution < -0.4 is 10.2 Å². The van der Waals surface area contributed by atoms with E-state index >= 15 is 0 Å². The van der Waals surface area contributed by atoms with Crippen LogP contribution in [0.4, 0.5) is 0 Å². The van der Waals surface area contributed by atoms with Crippen LogP contribution in [-0.2, 0) is 4.79 Å². The van der Waals surface area contributed by atoms with Crippen LogP contribution in [0.1, 0.15) is 13.8 Å². The lowest BCUT2D eigenvalue weighted by Gasteiger charge is -2.16. The van der Waals surface area contributed by atoms with Gasteiger partial charge in [-0.05, 0) is 42.9 Å². The molecule has 0 unspecified atom stereocenters. The summed E-state index contributed by atoms with van der Waals surface area (Å²) in [7, 11) is 0. The number of rotatable bonds is 6. The highest BCUT2D eigenvalue weighted by molar-refractivity contribution is 5.82. The van der Waals surface area contributed by atoms with Gasteiger partial charge in [-0.2, -0.15) is 0 Å². The Bertz CT molecular complexity index is 1000. The molecule has 2 aromatic carbocycles. The van der Waals surface area contributed by atoms with Gasteiger partial charge in [0.05, 0.1) is 17.5 Å². The summed E-state index contributed by atoms with van der Waals surface area (Å²) in [4.78, 5) is 26.6. The molecule has 1 heterocycles. The molecule has 0 amide bonds. The summed E-state index contributed by atoms with van der Waals surface area (Å²) in [5.74, 6) is 0.136. The van der Waals surface area contributed by atoms with Crippen molar-refractivity contribution in [2.24, 2.45) is 0 Å². The average molecular weight is 367 g/mol. The molecule has 0 radical (unpaired) electrons. The second-order valence-electron chi connectivity index (χ2n) is 6.12. The van der Waals surface area contributed by atoms with Crippen LogP contribution in [0, 0.1) is 0 Å². The third-order valence-corrected chi connectivity index (χ3v) is 4.40. The summed E-state index contributed by atoms with van der Waals surface area (Å²) >= 11 is 0. The lowest BCUT2D eigenvalue weighted by Crippen LogP contribution is -2.31. The molecule has 0 saturated carbocycles. The molecule has 140 valence electrons. The fourth-order valence-corrected chi connectivity index (χ4v) is 2.81. The lowest BCUT2D eigenvalue weighted by molar-refractivity contribution is -0.135. The van der Waals surface area contributed by atoms with E-state index in [1.54, 1.807) is 24.3 Å². The number of fused-ring (bicyclic) bond motifs is 1. The average Bonchev–Trinajstić information content (AvgIpc) is 2.67. The van der Waals surface area contributed by atoms with Crippen molar-refractivity contribution in [2.75, 3.05) is 19.6 Å². The van der Waals surface area contributed by atoms with Crippen LogP contribution in [0.5, 0.6) is 11.5 Å². The van der Waals surface area contributed by atoms with Gasteiger partial charge in [-0.15, -0.1) is 0 Å². The number of hydrogen-bond acceptors (Lipinski definition) is 6. The normalized spacial score (nSPS) is 11.1. The zero-order chi connectivity index (χ0) is 19.4. The molecule has 0 atom stereocenters. The number of phenolic OH excluding ortho intramolecular Hbond substituents is 1. The molecule has 1 N–H and O–H groups in total. The van der Waals surface area contributed by atoms with Gasteiger partial charge in [0.25, 0.3) is 0 Å². The highest BCUT2D eigenvalue weighted by Gasteiger charge is 2.12. The molecular formula is C21H21NO5. The van der Waals surface area contributed by atoms with Crippen LogP contribution in [0.3, 0.4) is 0 Å². The number of likely N-dealkylation sites (N-methyl/N-ethyl adjacent to an activating group) is 1. The Morgan fingerprint density at radius 1 is 1.11 bits per heavy atom. The van der Waals surface area contributed by atoms with Crippen LogP contribution in [0.2, 0.25) is 0 Å². The minimum Gasteiger partial charge on any atom is -0.508 e.